The van der Waals surface area contributed by atoms with Gasteiger partial charge in [-0.25, -0.2) is 4.39 Å². The lowest BCUT2D eigenvalue weighted by Crippen LogP contribution is -2.32. The van der Waals surface area contributed by atoms with Crippen molar-refractivity contribution in [3.8, 4) is 6.07 Å². The quantitative estimate of drug-likeness (QED) is 0.824. The van der Waals surface area contributed by atoms with Gasteiger partial charge in [-0.2, -0.15) is 5.26 Å². The maximum atomic E-state index is 13.1. The molecule has 1 aromatic carbocycles. The molecular weight excluding hydrogens is 233 g/mol. The summed E-state index contributed by atoms with van der Waals surface area (Å²) in [4.78, 5) is 12.2. The van der Waals surface area contributed by atoms with E-state index in [0.29, 0.717) is 18.6 Å². The van der Waals surface area contributed by atoms with Crippen LogP contribution >= 0.6 is 0 Å². The lowest BCUT2D eigenvalue weighted by molar-refractivity contribution is -0.133. The van der Waals surface area contributed by atoms with Gasteiger partial charge in [-0.1, -0.05) is 12.1 Å². The van der Waals surface area contributed by atoms with E-state index in [-0.39, 0.29) is 5.78 Å². The van der Waals surface area contributed by atoms with Gasteiger partial charge in [0, 0.05) is 6.61 Å². The van der Waals surface area contributed by atoms with Crippen LogP contribution in [0.3, 0.4) is 0 Å². The number of carbonyl (C=O) groups is 1. The summed E-state index contributed by atoms with van der Waals surface area (Å²) in [6.45, 7) is 0.553. The molecule has 1 heterocycles. The highest BCUT2D eigenvalue weighted by molar-refractivity contribution is 5.92. The topological polar surface area (TPSA) is 50.1 Å². The van der Waals surface area contributed by atoms with Crippen LogP contribution in [0.1, 0.15) is 30.7 Å². The number of halogens is 1. The molecule has 0 N–H and O–H groups in total. The van der Waals surface area contributed by atoms with Gasteiger partial charge >= 0.3 is 0 Å². The van der Waals surface area contributed by atoms with Crippen LogP contribution < -0.4 is 0 Å². The van der Waals surface area contributed by atoms with Crippen molar-refractivity contribution in [1.29, 1.82) is 5.26 Å². The molecule has 1 aliphatic heterocycles. The van der Waals surface area contributed by atoms with E-state index in [1.54, 1.807) is 6.07 Å². The number of nitriles is 1. The molecule has 1 fully saturated rings. The average Bonchev–Trinajstić information content (AvgIpc) is 2.40. The molecule has 3 nitrogen and oxygen atoms in total. The van der Waals surface area contributed by atoms with Crippen LogP contribution in [-0.2, 0) is 9.53 Å². The molecule has 18 heavy (non-hydrogen) atoms. The van der Waals surface area contributed by atoms with E-state index >= 15 is 0 Å². The van der Waals surface area contributed by atoms with Crippen molar-refractivity contribution in [2.45, 2.75) is 31.3 Å². The number of ketones is 1. The molecule has 1 saturated heterocycles. The Morgan fingerprint density at radius 3 is 2.94 bits per heavy atom. The SMILES string of the molecule is N#CC(C(=O)C1CCCCO1)c1cccc(F)c1. The first-order valence-corrected chi connectivity index (χ1v) is 6.03. The Morgan fingerprint density at radius 2 is 2.33 bits per heavy atom. The van der Waals surface area contributed by atoms with E-state index in [9.17, 15) is 9.18 Å². The summed E-state index contributed by atoms with van der Waals surface area (Å²) in [6.07, 6.45) is 2.00. The number of carbonyl (C=O) groups excluding carboxylic acids is 1. The van der Waals surface area contributed by atoms with E-state index < -0.39 is 17.8 Å². The lowest BCUT2D eigenvalue weighted by atomic mass is 9.90. The van der Waals surface area contributed by atoms with E-state index in [2.05, 4.69) is 0 Å². The van der Waals surface area contributed by atoms with Crippen LogP contribution in [0.4, 0.5) is 4.39 Å². The first kappa shape index (κ1) is 12.7. The summed E-state index contributed by atoms with van der Waals surface area (Å²) in [6, 6.07) is 7.57. The molecular formula is C14H14FNO2. The molecule has 0 aromatic heterocycles. The zero-order valence-electron chi connectivity index (χ0n) is 9.93. The zero-order valence-corrected chi connectivity index (χ0v) is 9.93. The molecule has 2 rings (SSSR count). The molecule has 0 radical (unpaired) electrons. The minimum Gasteiger partial charge on any atom is -0.370 e. The van der Waals surface area contributed by atoms with Crippen LogP contribution in [0.25, 0.3) is 0 Å². The van der Waals surface area contributed by atoms with Crippen molar-refractivity contribution in [3.63, 3.8) is 0 Å². The fourth-order valence-electron chi connectivity index (χ4n) is 2.14. The van der Waals surface area contributed by atoms with Gasteiger partial charge in [0.25, 0.3) is 0 Å². The Labute approximate surface area is 105 Å². The third-order valence-corrected chi connectivity index (χ3v) is 3.09. The van der Waals surface area contributed by atoms with Crippen LogP contribution in [0.5, 0.6) is 0 Å². The Kier molecular flexibility index (Phi) is 4.06. The predicted molar refractivity (Wildman–Crippen MR) is 63.4 cm³/mol. The third kappa shape index (κ3) is 2.74. The maximum Gasteiger partial charge on any atom is 0.183 e. The number of rotatable bonds is 3. The van der Waals surface area contributed by atoms with Crippen LogP contribution in [0, 0.1) is 17.1 Å². The van der Waals surface area contributed by atoms with Gasteiger partial charge in [-0.3, -0.25) is 4.79 Å². The second kappa shape index (κ2) is 5.74. The van der Waals surface area contributed by atoms with Gasteiger partial charge in [0.15, 0.2) is 5.78 Å². The van der Waals surface area contributed by atoms with Gasteiger partial charge < -0.3 is 4.74 Å². The normalized spacial score (nSPS) is 21.0. The minimum atomic E-state index is -0.941. The monoisotopic (exact) mass is 247 g/mol. The van der Waals surface area contributed by atoms with Crippen molar-refractivity contribution in [1.82, 2.24) is 0 Å². The molecule has 0 aliphatic carbocycles. The van der Waals surface area contributed by atoms with E-state index in [0.717, 1.165) is 12.8 Å². The smallest absolute Gasteiger partial charge is 0.183 e. The summed E-state index contributed by atoms with van der Waals surface area (Å²) in [7, 11) is 0. The minimum absolute atomic E-state index is 0.261. The molecule has 0 bridgehead atoms. The zero-order chi connectivity index (χ0) is 13.0. The summed E-state index contributed by atoms with van der Waals surface area (Å²) < 4.78 is 18.5. The summed E-state index contributed by atoms with van der Waals surface area (Å²) >= 11 is 0. The van der Waals surface area contributed by atoms with Crippen LogP contribution in [0.15, 0.2) is 24.3 Å². The number of Topliss-reactive ketones (excluding diaryl/α,β-unsaturated/α-hetero) is 1. The maximum absolute atomic E-state index is 13.1. The number of hydrogen-bond donors (Lipinski definition) is 0. The third-order valence-electron chi connectivity index (χ3n) is 3.09. The summed E-state index contributed by atoms with van der Waals surface area (Å²) in [5.41, 5.74) is 0.400. The average molecular weight is 247 g/mol. The standard InChI is InChI=1S/C14H14FNO2/c15-11-5-3-4-10(8-11)12(9-16)14(17)13-6-1-2-7-18-13/h3-5,8,12-13H,1-2,6-7H2. The van der Waals surface area contributed by atoms with Gasteiger partial charge in [0.05, 0.1) is 6.07 Å². The summed E-state index contributed by atoms with van der Waals surface area (Å²) in [5, 5.41) is 9.12. The van der Waals surface area contributed by atoms with Crippen LogP contribution in [0.2, 0.25) is 0 Å². The Balaban J connectivity index is 2.18. The van der Waals surface area contributed by atoms with Gasteiger partial charge in [0.2, 0.25) is 0 Å². The highest BCUT2D eigenvalue weighted by atomic mass is 19.1. The second-order valence-electron chi connectivity index (χ2n) is 4.37. The van der Waals surface area contributed by atoms with Crippen molar-refractivity contribution in [2.24, 2.45) is 0 Å². The number of benzene rings is 1. The Hall–Kier alpha value is -1.73. The van der Waals surface area contributed by atoms with E-state index in [4.69, 9.17) is 10.00 Å². The molecule has 4 heteroatoms. The molecule has 2 unspecified atom stereocenters. The Morgan fingerprint density at radius 1 is 1.50 bits per heavy atom. The summed E-state index contributed by atoms with van der Waals surface area (Å²) in [5.74, 6) is -1.64. The molecule has 0 saturated carbocycles. The van der Waals surface area contributed by atoms with E-state index in [1.807, 2.05) is 6.07 Å². The number of ether oxygens (including phenoxy) is 1. The van der Waals surface area contributed by atoms with Crippen LogP contribution in [-0.4, -0.2) is 18.5 Å². The Bertz CT molecular complexity index is 475. The first-order valence-electron chi connectivity index (χ1n) is 6.03. The van der Waals surface area contributed by atoms with Crippen molar-refractivity contribution in [2.75, 3.05) is 6.61 Å². The molecule has 2 atom stereocenters. The van der Waals surface area contributed by atoms with Gasteiger partial charge in [-0.05, 0) is 37.0 Å². The molecule has 1 aliphatic rings. The molecule has 0 spiro atoms. The van der Waals surface area contributed by atoms with Crippen molar-refractivity contribution < 1.29 is 13.9 Å². The van der Waals surface area contributed by atoms with E-state index in [1.165, 1.54) is 18.2 Å². The van der Waals surface area contributed by atoms with Crippen molar-refractivity contribution >= 4 is 5.78 Å². The number of nitrogens with zero attached hydrogens (tertiary/aromatic N) is 1. The molecule has 0 amide bonds. The molecule has 1 aromatic rings. The fraction of sp³-hybridized carbons (Fsp3) is 0.429. The highest BCUT2D eigenvalue weighted by Crippen LogP contribution is 2.23. The first-order chi connectivity index (χ1) is 8.72. The number of hydrogen-bond acceptors (Lipinski definition) is 3. The highest BCUT2D eigenvalue weighted by Gasteiger charge is 2.30. The fourth-order valence-corrected chi connectivity index (χ4v) is 2.14. The van der Waals surface area contributed by atoms with Gasteiger partial charge in [0.1, 0.15) is 17.8 Å². The molecule has 94 valence electrons. The second-order valence-corrected chi connectivity index (χ2v) is 4.37. The largest absolute Gasteiger partial charge is 0.370 e. The van der Waals surface area contributed by atoms with Crippen molar-refractivity contribution in [3.05, 3.63) is 35.6 Å². The van der Waals surface area contributed by atoms with Gasteiger partial charge in [-0.15, -0.1) is 0 Å². The predicted octanol–water partition coefficient (Wildman–Crippen LogP) is 2.57. The lowest BCUT2D eigenvalue weighted by Gasteiger charge is -2.23.